The van der Waals surface area contributed by atoms with Crippen LogP contribution in [0, 0.1) is 5.92 Å². The van der Waals surface area contributed by atoms with Gasteiger partial charge in [-0.15, -0.1) is 0 Å². The van der Waals surface area contributed by atoms with E-state index in [1.165, 1.54) is 43.2 Å². The summed E-state index contributed by atoms with van der Waals surface area (Å²) in [6, 6.07) is 20.8. The monoisotopic (exact) mass is 349 g/mol. The van der Waals surface area contributed by atoms with Crippen LogP contribution >= 0.6 is 0 Å². The third-order valence-electron chi connectivity index (χ3n) is 5.69. The van der Waals surface area contributed by atoms with E-state index < -0.39 is 0 Å². The summed E-state index contributed by atoms with van der Waals surface area (Å²) in [6.45, 7) is 2.83. The highest BCUT2D eigenvalue weighted by molar-refractivity contribution is 5.77. The summed E-state index contributed by atoms with van der Waals surface area (Å²) in [5.41, 5.74) is 2.37. The largest absolute Gasteiger partial charge is 0.332 e. The fourth-order valence-corrected chi connectivity index (χ4v) is 4.27. The summed E-state index contributed by atoms with van der Waals surface area (Å²) in [4.78, 5) is 15.2. The molecule has 1 fully saturated rings. The number of hydrogen-bond acceptors (Lipinski definition) is 1. The second-order valence-corrected chi connectivity index (χ2v) is 7.45. The van der Waals surface area contributed by atoms with Gasteiger partial charge in [-0.3, -0.25) is 4.79 Å². The number of carbonyl (C=O) groups excluding carboxylic acids is 1. The highest BCUT2D eigenvalue weighted by Crippen LogP contribution is 2.31. The molecule has 0 aliphatic heterocycles. The predicted octanol–water partition coefficient (Wildman–Crippen LogP) is 5.99. The molecule has 1 saturated carbocycles. The number of rotatable bonds is 7. The fraction of sp³-hybridized carbons (Fsp3) is 0.458. The minimum atomic E-state index is 0.00116. The second kappa shape index (κ2) is 9.56. The molecule has 2 aromatic carbocycles. The fourth-order valence-electron chi connectivity index (χ4n) is 4.27. The van der Waals surface area contributed by atoms with Gasteiger partial charge in [0.05, 0.1) is 6.04 Å². The van der Waals surface area contributed by atoms with Crippen LogP contribution in [0.4, 0.5) is 0 Å². The topological polar surface area (TPSA) is 20.3 Å². The van der Waals surface area contributed by atoms with Gasteiger partial charge in [-0.2, -0.15) is 0 Å². The van der Waals surface area contributed by atoms with Crippen molar-refractivity contribution in [2.24, 2.45) is 5.92 Å². The van der Waals surface area contributed by atoms with Gasteiger partial charge in [-0.25, -0.2) is 0 Å². The minimum Gasteiger partial charge on any atom is -0.332 e. The van der Waals surface area contributed by atoms with Crippen LogP contribution < -0.4 is 0 Å². The molecule has 2 nitrogen and oxygen atoms in total. The first-order valence-corrected chi connectivity index (χ1v) is 10.2. The third kappa shape index (κ3) is 4.75. The Morgan fingerprint density at radius 1 is 0.923 bits per heavy atom. The van der Waals surface area contributed by atoms with Gasteiger partial charge < -0.3 is 4.90 Å². The van der Waals surface area contributed by atoms with Gasteiger partial charge in [0.2, 0.25) is 5.91 Å². The molecule has 2 aromatic rings. The van der Waals surface area contributed by atoms with Crippen LogP contribution in [0.2, 0.25) is 0 Å². The van der Waals surface area contributed by atoms with Gasteiger partial charge in [0, 0.05) is 13.0 Å². The summed E-state index contributed by atoms with van der Waals surface area (Å²) >= 11 is 0. The molecule has 26 heavy (non-hydrogen) atoms. The van der Waals surface area contributed by atoms with Gasteiger partial charge in [-0.1, -0.05) is 92.8 Å². The number of amides is 1. The zero-order valence-corrected chi connectivity index (χ0v) is 15.9. The molecule has 138 valence electrons. The van der Waals surface area contributed by atoms with E-state index >= 15 is 0 Å². The van der Waals surface area contributed by atoms with E-state index in [2.05, 4.69) is 60.4 Å². The van der Waals surface area contributed by atoms with E-state index in [-0.39, 0.29) is 11.9 Å². The Kier molecular flexibility index (Phi) is 6.88. The zero-order valence-electron chi connectivity index (χ0n) is 15.9. The predicted molar refractivity (Wildman–Crippen MR) is 108 cm³/mol. The van der Waals surface area contributed by atoms with E-state index in [1.54, 1.807) is 0 Å². The van der Waals surface area contributed by atoms with Crippen LogP contribution in [-0.2, 0) is 4.79 Å². The van der Waals surface area contributed by atoms with E-state index in [0.29, 0.717) is 6.42 Å². The molecule has 0 saturated heterocycles. The van der Waals surface area contributed by atoms with Crippen LogP contribution in [0.15, 0.2) is 60.7 Å². The van der Waals surface area contributed by atoms with Crippen molar-refractivity contribution in [2.45, 2.75) is 57.9 Å². The van der Waals surface area contributed by atoms with Crippen LogP contribution in [0.1, 0.15) is 69.0 Å². The lowest BCUT2D eigenvalue weighted by atomic mass is 9.86. The Balaban J connectivity index is 1.77. The van der Waals surface area contributed by atoms with Crippen LogP contribution in [0.25, 0.3) is 0 Å². The quantitative estimate of drug-likeness (QED) is 0.601. The summed E-state index contributed by atoms with van der Waals surface area (Å²) in [5, 5.41) is 0. The molecule has 0 bridgehead atoms. The van der Waals surface area contributed by atoms with E-state index in [9.17, 15) is 4.79 Å². The highest BCUT2D eigenvalue weighted by atomic mass is 16.2. The normalized spacial score (nSPS) is 15.2. The van der Waals surface area contributed by atoms with Crippen molar-refractivity contribution >= 4 is 5.91 Å². The Morgan fingerprint density at radius 2 is 1.46 bits per heavy atom. The van der Waals surface area contributed by atoms with E-state index in [4.69, 9.17) is 0 Å². The molecule has 0 unspecified atom stereocenters. The Bertz CT molecular complexity index is 622. The first-order valence-electron chi connectivity index (χ1n) is 10.2. The molecule has 1 aliphatic rings. The van der Waals surface area contributed by atoms with Crippen molar-refractivity contribution in [1.29, 1.82) is 0 Å². The van der Waals surface area contributed by atoms with E-state index in [1.807, 2.05) is 12.1 Å². The first kappa shape index (κ1) is 18.7. The van der Waals surface area contributed by atoms with Crippen molar-refractivity contribution in [3.8, 4) is 0 Å². The molecule has 2 heteroatoms. The maximum absolute atomic E-state index is 13.1. The molecule has 0 radical (unpaired) electrons. The number of hydrogen-bond donors (Lipinski definition) is 0. The Labute approximate surface area is 158 Å². The Hall–Kier alpha value is -2.09. The number of nitrogens with zero attached hydrogens (tertiary/aromatic N) is 1. The van der Waals surface area contributed by atoms with Crippen LogP contribution in [0.5, 0.6) is 0 Å². The molecular formula is C24H31NO. The van der Waals surface area contributed by atoms with Gasteiger partial charge in [0.15, 0.2) is 0 Å². The Morgan fingerprint density at radius 3 is 1.96 bits per heavy atom. The standard InChI is InChI=1S/C24H31NO/c1-2-25(23(26)19-18-20-12-6-3-7-13-20)24(21-14-8-4-9-15-21)22-16-10-5-11-17-22/h4-5,8-11,14-17,20,24H,2-3,6-7,12-13,18-19H2,1H3. The number of benzene rings is 2. The average molecular weight is 350 g/mol. The van der Waals surface area contributed by atoms with E-state index in [0.717, 1.165) is 18.9 Å². The van der Waals surface area contributed by atoms with Crippen molar-refractivity contribution in [3.63, 3.8) is 0 Å². The zero-order chi connectivity index (χ0) is 18.2. The maximum Gasteiger partial charge on any atom is 0.223 e. The average Bonchev–Trinajstić information content (AvgIpc) is 2.72. The van der Waals surface area contributed by atoms with Crippen molar-refractivity contribution in [2.75, 3.05) is 6.54 Å². The third-order valence-corrected chi connectivity index (χ3v) is 5.69. The van der Waals surface area contributed by atoms with Crippen molar-refractivity contribution in [1.82, 2.24) is 4.90 Å². The smallest absolute Gasteiger partial charge is 0.223 e. The highest BCUT2D eigenvalue weighted by Gasteiger charge is 2.26. The lowest BCUT2D eigenvalue weighted by molar-refractivity contribution is -0.133. The van der Waals surface area contributed by atoms with Crippen molar-refractivity contribution < 1.29 is 4.79 Å². The SMILES string of the molecule is CCN(C(=O)CCC1CCCCC1)C(c1ccccc1)c1ccccc1. The summed E-state index contributed by atoms with van der Waals surface area (Å²) in [6.07, 6.45) is 8.39. The van der Waals surface area contributed by atoms with Crippen LogP contribution in [0.3, 0.4) is 0 Å². The molecular weight excluding hydrogens is 318 g/mol. The van der Waals surface area contributed by atoms with Crippen LogP contribution in [-0.4, -0.2) is 17.4 Å². The summed E-state index contributed by atoms with van der Waals surface area (Å²) in [7, 11) is 0. The minimum absolute atomic E-state index is 0.00116. The van der Waals surface area contributed by atoms with Gasteiger partial charge in [0.1, 0.15) is 0 Å². The summed E-state index contributed by atoms with van der Waals surface area (Å²) in [5.74, 6) is 1.04. The van der Waals surface area contributed by atoms with Gasteiger partial charge in [-0.05, 0) is 30.4 Å². The number of carbonyl (C=O) groups is 1. The lowest BCUT2D eigenvalue weighted by Gasteiger charge is -2.32. The molecule has 1 aliphatic carbocycles. The molecule has 0 N–H and O–H groups in total. The van der Waals surface area contributed by atoms with Gasteiger partial charge in [0.25, 0.3) is 0 Å². The molecule has 1 amide bonds. The lowest BCUT2D eigenvalue weighted by Crippen LogP contribution is -2.35. The maximum atomic E-state index is 13.1. The molecule has 0 aromatic heterocycles. The van der Waals surface area contributed by atoms with Crippen molar-refractivity contribution in [3.05, 3.63) is 71.8 Å². The van der Waals surface area contributed by atoms with Gasteiger partial charge >= 0.3 is 0 Å². The second-order valence-electron chi connectivity index (χ2n) is 7.45. The molecule has 0 spiro atoms. The molecule has 0 atom stereocenters. The molecule has 0 heterocycles. The molecule has 3 rings (SSSR count). The first-order chi connectivity index (χ1) is 12.8. The summed E-state index contributed by atoms with van der Waals surface area (Å²) < 4.78 is 0.